The highest BCUT2D eigenvalue weighted by Crippen LogP contribution is 2.20. The lowest BCUT2D eigenvalue weighted by Crippen LogP contribution is -1.82. The van der Waals surface area contributed by atoms with Crippen molar-refractivity contribution in [3.8, 4) is 5.88 Å². The topological polar surface area (TPSA) is 50.8 Å². The van der Waals surface area contributed by atoms with Crippen molar-refractivity contribution in [1.29, 1.82) is 0 Å². The Morgan fingerprint density at radius 1 is 1.50 bits per heavy atom. The largest absolute Gasteiger partial charge is 0.479 e. The summed E-state index contributed by atoms with van der Waals surface area (Å²) in [5.41, 5.74) is 1.86. The maximum atomic E-state index is 5.04. The molecule has 4 nitrogen and oxygen atoms in total. The molecule has 2 aromatic heterocycles. The summed E-state index contributed by atoms with van der Waals surface area (Å²) in [5.74, 6) is 0.598. The van der Waals surface area contributed by atoms with Gasteiger partial charge in [0, 0.05) is 6.20 Å². The summed E-state index contributed by atoms with van der Waals surface area (Å²) in [6.07, 6.45) is 1.79. The summed E-state index contributed by atoms with van der Waals surface area (Å²) in [4.78, 5) is 4.15. The average Bonchev–Trinajstić information content (AvgIpc) is 2.46. The zero-order valence-corrected chi connectivity index (χ0v) is 6.96. The average molecular weight is 163 g/mol. The van der Waals surface area contributed by atoms with E-state index in [0.29, 0.717) is 5.88 Å². The first-order valence-electron chi connectivity index (χ1n) is 3.66. The molecule has 0 radical (unpaired) electrons. The van der Waals surface area contributed by atoms with E-state index in [1.54, 1.807) is 13.3 Å². The third kappa shape index (κ3) is 0.922. The van der Waals surface area contributed by atoms with Gasteiger partial charge in [-0.05, 0) is 18.6 Å². The van der Waals surface area contributed by atoms with Gasteiger partial charge in [-0.1, -0.05) is 0 Å². The summed E-state index contributed by atoms with van der Waals surface area (Å²) in [7, 11) is 1.60. The first kappa shape index (κ1) is 7.09. The van der Waals surface area contributed by atoms with E-state index < -0.39 is 0 Å². The number of rotatable bonds is 1. The molecule has 4 heteroatoms. The Kier molecular flexibility index (Phi) is 1.46. The number of fused-ring (bicyclic) bond motifs is 1. The molecule has 2 aromatic rings. The third-order valence-corrected chi connectivity index (χ3v) is 1.71. The molecule has 0 amide bonds. The highest BCUT2D eigenvalue weighted by molar-refractivity contribution is 5.80. The van der Waals surface area contributed by atoms with Crippen LogP contribution in [0.3, 0.4) is 0 Å². The van der Waals surface area contributed by atoms with Crippen molar-refractivity contribution in [3.63, 3.8) is 0 Å². The van der Waals surface area contributed by atoms with Crippen LogP contribution >= 0.6 is 0 Å². The number of methoxy groups -OCH3 is 1. The summed E-state index contributed by atoms with van der Waals surface area (Å²) < 4.78 is 5.04. The van der Waals surface area contributed by atoms with Crippen LogP contribution in [0.25, 0.3) is 11.0 Å². The highest BCUT2D eigenvalue weighted by Gasteiger charge is 2.05. The molecule has 0 aromatic carbocycles. The van der Waals surface area contributed by atoms with Crippen LogP contribution in [0.4, 0.5) is 0 Å². The molecule has 0 fully saturated rings. The van der Waals surface area contributed by atoms with E-state index in [-0.39, 0.29) is 0 Å². The number of nitrogens with one attached hydrogen (secondary N) is 1. The standard InChI is InChI=1S/C8H9N3O/c1-5-3-6-7(9-4-5)10-11-8(6)12-2/h3-4H,1-2H3,(H,9,10,11). The van der Waals surface area contributed by atoms with Gasteiger partial charge in [0.25, 0.3) is 0 Å². The minimum Gasteiger partial charge on any atom is -0.479 e. The van der Waals surface area contributed by atoms with E-state index in [9.17, 15) is 0 Å². The highest BCUT2D eigenvalue weighted by atomic mass is 16.5. The molecule has 0 atom stereocenters. The Balaban J connectivity index is 2.75. The van der Waals surface area contributed by atoms with Gasteiger partial charge in [-0.15, -0.1) is 5.10 Å². The smallest absolute Gasteiger partial charge is 0.241 e. The number of aryl methyl sites for hydroxylation is 1. The van der Waals surface area contributed by atoms with Crippen LogP contribution in [0, 0.1) is 6.92 Å². The van der Waals surface area contributed by atoms with E-state index in [1.165, 1.54) is 0 Å². The van der Waals surface area contributed by atoms with Crippen LogP contribution in [0.2, 0.25) is 0 Å². The summed E-state index contributed by atoms with van der Waals surface area (Å²) in [5, 5.41) is 7.65. The van der Waals surface area contributed by atoms with E-state index in [2.05, 4.69) is 15.2 Å². The van der Waals surface area contributed by atoms with Crippen molar-refractivity contribution in [2.24, 2.45) is 0 Å². The maximum absolute atomic E-state index is 5.04. The molecule has 1 N–H and O–H groups in total. The van der Waals surface area contributed by atoms with E-state index in [1.807, 2.05) is 13.0 Å². The Labute approximate surface area is 69.6 Å². The molecule has 0 aliphatic heterocycles. The lowest BCUT2D eigenvalue weighted by molar-refractivity contribution is 0.401. The van der Waals surface area contributed by atoms with Crippen molar-refractivity contribution in [2.75, 3.05) is 7.11 Å². The lowest BCUT2D eigenvalue weighted by Gasteiger charge is -1.93. The summed E-state index contributed by atoms with van der Waals surface area (Å²) in [6, 6.07) is 1.99. The Bertz CT molecular complexity index is 408. The van der Waals surface area contributed by atoms with E-state index in [0.717, 1.165) is 16.6 Å². The fourth-order valence-corrected chi connectivity index (χ4v) is 1.14. The van der Waals surface area contributed by atoms with Gasteiger partial charge in [0.15, 0.2) is 5.65 Å². The number of nitrogens with zero attached hydrogens (tertiary/aromatic N) is 2. The van der Waals surface area contributed by atoms with Crippen LogP contribution in [0.1, 0.15) is 5.56 Å². The van der Waals surface area contributed by atoms with Gasteiger partial charge in [0.1, 0.15) is 0 Å². The quantitative estimate of drug-likeness (QED) is 0.688. The van der Waals surface area contributed by atoms with Crippen molar-refractivity contribution < 1.29 is 4.74 Å². The molecule has 0 spiro atoms. The second-order valence-corrected chi connectivity index (χ2v) is 2.64. The van der Waals surface area contributed by atoms with E-state index >= 15 is 0 Å². The van der Waals surface area contributed by atoms with Gasteiger partial charge in [-0.25, -0.2) is 4.98 Å². The molecule has 62 valence electrons. The fourth-order valence-electron chi connectivity index (χ4n) is 1.14. The summed E-state index contributed by atoms with van der Waals surface area (Å²) >= 11 is 0. The number of hydrogen-bond donors (Lipinski definition) is 1. The summed E-state index contributed by atoms with van der Waals surface area (Å²) in [6.45, 7) is 1.98. The number of aromatic nitrogens is 3. The van der Waals surface area contributed by atoms with Gasteiger partial charge in [0.05, 0.1) is 12.5 Å². The number of ether oxygens (including phenoxy) is 1. The first-order valence-corrected chi connectivity index (χ1v) is 3.66. The fraction of sp³-hybridized carbons (Fsp3) is 0.250. The minimum atomic E-state index is 0.598. The van der Waals surface area contributed by atoms with Gasteiger partial charge in [-0.3, -0.25) is 5.10 Å². The molecule has 0 aliphatic rings. The molecular formula is C8H9N3O. The van der Waals surface area contributed by atoms with Crippen molar-refractivity contribution in [2.45, 2.75) is 6.92 Å². The number of H-pyrrole nitrogens is 1. The SMILES string of the molecule is COc1n[nH]c2ncc(C)cc12. The van der Waals surface area contributed by atoms with Crippen molar-refractivity contribution in [1.82, 2.24) is 15.2 Å². The van der Waals surface area contributed by atoms with Crippen LogP contribution < -0.4 is 4.74 Å². The van der Waals surface area contributed by atoms with Crippen molar-refractivity contribution in [3.05, 3.63) is 17.8 Å². The number of pyridine rings is 1. The molecule has 0 saturated carbocycles. The molecule has 12 heavy (non-hydrogen) atoms. The molecule has 0 unspecified atom stereocenters. The van der Waals surface area contributed by atoms with Gasteiger partial charge in [-0.2, -0.15) is 0 Å². The minimum absolute atomic E-state index is 0.598. The molecule has 0 bridgehead atoms. The predicted octanol–water partition coefficient (Wildman–Crippen LogP) is 1.27. The zero-order chi connectivity index (χ0) is 8.55. The van der Waals surface area contributed by atoms with E-state index in [4.69, 9.17) is 4.74 Å². The van der Waals surface area contributed by atoms with Crippen LogP contribution in [-0.4, -0.2) is 22.3 Å². The molecule has 2 rings (SSSR count). The first-order chi connectivity index (χ1) is 5.81. The van der Waals surface area contributed by atoms with Crippen molar-refractivity contribution >= 4 is 11.0 Å². The van der Waals surface area contributed by atoms with Gasteiger partial charge in [0.2, 0.25) is 5.88 Å². The number of aromatic amines is 1. The zero-order valence-electron chi connectivity index (χ0n) is 6.96. The predicted molar refractivity (Wildman–Crippen MR) is 45.2 cm³/mol. The third-order valence-electron chi connectivity index (χ3n) is 1.71. The van der Waals surface area contributed by atoms with Crippen LogP contribution in [-0.2, 0) is 0 Å². The van der Waals surface area contributed by atoms with Crippen LogP contribution in [0.5, 0.6) is 5.88 Å². The molecule has 0 saturated heterocycles. The lowest BCUT2D eigenvalue weighted by atomic mass is 10.2. The second-order valence-electron chi connectivity index (χ2n) is 2.64. The van der Waals surface area contributed by atoms with Gasteiger partial charge >= 0.3 is 0 Å². The molecular weight excluding hydrogens is 154 g/mol. The monoisotopic (exact) mass is 163 g/mol. The maximum Gasteiger partial charge on any atom is 0.241 e. The second kappa shape index (κ2) is 2.48. The van der Waals surface area contributed by atoms with Gasteiger partial charge < -0.3 is 4.74 Å². The Morgan fingerprint density at radius 3 is 3.08 bits per heavy atom. The molecule has 0 aliphatic carbocycles. The Hall–Kier alpha value is -1.58. The van der Waals surface area contributed by atoms with Crippen LogP contribution in [0.15, 0.2) is 12.3 Å². The molecule has 2 heterocycles. The Morgan fingerprint density at radius 2 is 2.33 bits per heavy atom. The normalized spacial score (nSPS) is 10.5. The number of hydrogen-bond acceptors (Lipinski definition) is 3.